The normalized spacial score (nSPS) is 24.7. The highest BCUT2D eigenvalue weighted by Crippen LogP contribution is 2.55. The van der Waals surface area contributed by atoms with Crippen LogP contribution in [0.3, 0.4) is 0 Å². The number of rotatable bonds is 4. The minimum atomic E-state index is -1.44. The van der Waals surface area contributed by atoms with Crippen molar-refractivity contribution in [1.82, 2.24) is 10.3 Å². The van der Waals surface area contributed by atoms with Gasteiger partial charge in [-0.3, -0.25) is 24.5 Å². The van der Waals surface area contributed by atoms with E-state index in [-0.39, 0.29) is 17.7 Å². The molecule has 4 N–H and O–H groups in total. The molecular formula is C31H26ClN5O4. The molecule has 206 valence electrons. The van der Waals surface area contributed by atoms with E-state index in [1.807, 2.05) is 37.4 Å². The lowest BCUT2D eigenvalue weighted by Gasteiger charge is -2.29. The second-order valence-corrected chi connectivity index (χ2v) is 11.3. The first-order valence-electron chi connectivity index (χ1n) is 13.4. The lowest BCUT2D eigenvalue weighted by atomic mass is 9.76. The lowest BCUT2D eigenvalue weighted by molar-refractivity contribution is -0.130. The predicted molar refractivity (Wildman–Crippen MR) is 156 cm³/mol. The van der Waals surface area contributed by atoms with Crippen molar-refractivity contribution in [2.75, 3.05) is 15.5 Å². The van der Waals surface area contributed by atoms with Crippen molar-refractivity contribution in [3.05, 3.63) is 88.6 Å². The summed E-state index contributed by atoms with van der Waals surface area (Å²) < 4.78 is 0. The van der Waals surface area contributed by atoms with Gasteiger partial charge < -0.3 is 15.6 Å². The summed E-state index contributed by atoms with van der Waals surface area (Å²) in [7, 11) is 0. The van der Waals surface area contributed by atoms with Gasteiger partial charge in [0.05, 0.1) is 23.2 Å². The number of imide groups is 1. The summed E-state index contributed by atoms with van der Waals surface area (Å²) in [6.45, 7) is 3.23. The number of carbonyl (C=O) groups excluding carboxylic acids is 4. The van der Waals surface area contributed by atoms with Gasteiger partial charge in [0.15, 0.2) is 0 Å². The number of carbonyl (C=O) groups is 4. The molecule has 2 saturated heterocycles. The van der Waals surface area contributed by atoms with E-state index in [1.165, 1.54) is 11.8 Å². The Labute approximate surface area is 240 Å². The zero-order chi connectivity index (χ0) is 28.6. The predicted octanol–water partition coefficient (Wildman–Crippen LogP) is 4.26. The maximum atomic E-state index is 14.3. The number of hydrogen-bond acceptors (Lipinski definition) is 5. The smallest absolute Gasteiger partial charge is 0.250 e. The molecule has 9 nitrogen and oxygen atoms in total. The SMILES string of the molecule is CC(=O)Nc1ccc(N2C(=O)[C@@H]3C(Cc4c[nH]c5ccccc45)NC4(C(=O)Nc5c4ccc(Cl)c5C)[C@@H]3C2=O)cc1. The highest BCUT2D eigenvalue weighted by Gasteiger charge is 2.70. The van der Waals surface area contributed by atoms with Gasteiger partial charge in [-0.1, -0.05) is 35.9 Å². The number of H-pyrrole nitrogens is 1. The average Bonchev–Trinajstić information content (AvgIpc) is 3.66. The zero-order valence-electron chi connectivity index (χ0n) is 22.2. The van der Waals surface area contributed by atoms with Crippen LogP contribution in [0, 0.1) is 18.8 Å². The van der Waals surface area contributed by atoms with Crippen molar-refractivity contribution < 1.29 is 19.2 Å². The van der Waals surface area contributed by atoms with E-state index in [0.29, 0.717) is 39.6 Å². The summed E-state index contributed by atoms with van der Waals surface area (Å²) in [5, 5.41) is 10.7. The second kappa shape index (κ2) is 9.02. The van der Waals surface area contributed by atoms with Crippen LogP contribution in [0.15, 0.2) is 66.9 Å². The molecule has 1 aromatic heterocycles. The van der Waals surface area contributed by atoms with E-state index >= 15 is 0 Å². The van der Waals surface area contributed by atoms with E-state index in [0.717, 1.165) is 16.5 Å². The Kier molecular flexibility index (Phi) is 5.61. The van der Waals surface area contributed by atoms with Gasteiger partial charge in [0, 0.05) is 46.3 Å². The van der Waals surface area contributed by atoms with Crippen LogP contribution in [0.2, 0.25) is 5.02 Å². The quantitative estimate of drug-likeness (QED) is 0.274. The third-order valence-electron chi connectivity index (χ3n) is 8.65. The summed E-state index contributed by atoms with van der Waals surface area (Å²) in [5.41, 5.74) is 3.33. The Morgan fingerprint density at radius 1 is 1.02 bits per heavy atom. The summed E-state index contributed by atoms with van der Waals surface area (Å²) in [6.07, 6.45) is 2.34. The van der Waals surface area contributed by atoms with Crippen LogP contribution in [0.4, 0.5) is 17.1 Å². The number of benzene rings is 3. The number of nitrogens with one attached hydrogen (secondary N) is 4. The number of aromatic nitrogens is 1. The number of halogens is 1. The average molecular weight is 568 g/mol. The Bertz CT molecular complexity index is 1800. The maximum Gasteiger partial charge on any atom is 0.250 e. The summed E-state index contributed by atoms with van der Waals surface area (Å²) in [6, 6.07) is 17.4. The first-order chi connectivity index (χ1) is 19.7. The molecule has 4 aromatic rings. The second-order valence-electron chi connectivity index (χ2n) is 10.9. The molecule has 4 amide bonds. The lowest BCUT2D eigenvalue weighted by Crippen LogP contribution is -2.53. The molecule has 3 aliphatic rings. The van der Waals surface area contributed by atoms with Gasteiger partial charge in [0.1, 0.15) is 5.54 Å². The minimum absolute atomic E-state index is 0.227. The molecule has 10 heteroatoms. The fraction of sp³-hybridized carbons (Fsp3) is 0.226. The van der Waals surface area contributed by atoms with Crippen molar-refractivity contribution in [1.29, 1.82) is 0 Å². The largest absolute Gasteiger partial charge is 0.361 e. The Morgan fingerprint density at radius 2 is 1.78 bits per heavy atom. The maximum absolute atomic E-state index is 14.3. The van der Waals surface area contributed by atoms with E-state index < -0.39 is 29.3 Å². The first-order valence-corrected chi connectivity index (χ1v) is 13.8. The van der Waals surface area contributed by atoms with Gasteiger partial charge in [-0.25, -0.2) is 4.90 Å². The number of hydrogen-bond donors (Lipinski definition) is 4. The van der Waals surface area contributed by atoms with Gasteiger partial charge in [0.25, 0.3) is 0 Å². The molecule has 0 saturated carbocycles. The molecule has 3 aromatic carbocycles. The highest BCUT2D eigenvalue weighted by atomic mass is 35.5. The third-order valence-corrected chi connectivity index (χ3v) is 9.05. The van der Waals surface area contributed by atoms with Gasteiger partial charge in [-0.05, 0) is 60.9 Å². The summed E-state index contributed by atoms with van der Waals surface area (Å²) in [5.74, 6) is -3.18. The molecule has 3 aliphatic heterocycles. The van der Waals surface area contributed by atoms with Crippen LogP contribution in [-0.4, -0.2) is 34.7 Å². The molecular weight excluding hydrogens is 542 g/mol. The number of amides is 4. The van der Waals surface area contributed by atoms with Crippen LogP contribution in [-0.2, 0) is 31.1 Å². The topological polar surface area (TPSA) is 123 Å². The van der Waals surface area contributed by atoms with Crippen LogP contribution >= 0.6 is 11.6 Å². The van der Waals surface area contributed by atoms with Gasteiger partial charge >= 0.3 is 0 Å². The Balaban J connectivity index is 1.35. The highest BCUT2D eigenvalue weighted by molar-refractivity contribution is 6.32. The Morgan fingerprint density at radius 3 is 2.54 bits per heavy atom. The summed E-state index contributed by atoms with van der Waals surface area (Å²) >= 11 is 6.39. The fourth-order valence-electron chi connectivity index (χ4n) is 6.85. The number of anilines is 3. The van der Waals surface area contributed by atoms with E-state index in [1.54, 1.807) is 36.4 Å². The van der Waals surface area contributed by atoms with Crippen molar-refractivity contribution in [3.63, 3.8) is 0 Å². The van der Waals surface area contributed by atoms with E-state index in [2.05, 4.69) is 20.9 Å². The molecule has 1 spiro atoms. The van der Waals surface area contributed by atoms with E-state index in [9.17, 15) is 19.2 Å². The minimum Gasteiger partial charge on any atom is -0.361 e. The number of aromatic amines is 1. The number of nitrogens with zero attached hydrogens (tertiary/aromatic N) is 1. The van der Waals surface area contributed by atoms with Gasteiger partial charge in [-0.15, -0.1) is 0 Å². The molecule has 4 heterocycles. The standard InChI is InChI=1S/C31H26ClN5O4/c1-15-22(32)12-11-21-27(15)35-30(41)31(21)26-25(24(36-31)13-17-14-33-23-6-4-3-5-20(17)23)28(39)37(29(26)40)19-9-7-18(8-10-19)34-16(2)38/h3-12,14,24-26,33,36H,13H2,1-2H3,(H,34,38)(H,35,41)/t24?,25-,26+,31?/m1/s1. The monoisotopic (exact) mass is 567 g/mol. The zero-order valence-corrected chi connectivity index (χ0v) is 23.0. The summed E-state index contributed by atoms with van der Waals surface area (Å²) in [4.78, 5) is 58.3. The third kappa shape index (κ3) is 3.59. The van der Waals surface area contributed by atoms with Crippen molar-refractivity contribution in [3.8, 4) is 0 Å². The van der Waals surface area contributed by atoms with Gasteiger partial charge in [-0.2, -0.15) is 0 Å². The fourth-order valence-corrected chi connectivity index (χ4v) is 7.01. The molecule has 2 fully saturated rings. The van der Waals surface area contributed by atoms with Crippen LogP contribution in [0.5, 0.6) is 0 Å². The van der Waals surface area contributed by atoms with Crippen molar-refractivity contribution >= 4 is 63.2 Å². The molecule has 0 radical (unpaired) electrons. The Hall–Kier alpha value is -4.47. The van der Waals surface area contributed by atoms with Crippen molar-refractivity contribution in [2.24, 2.45) is 11.8 Å². The molecule has 41 heavy (non-hydrogen) atoms. The molecule has 0 aliphatic carbocycles. The van der Waals surface area contributed by atoms with E-state index in [4.69, 9.17) is 11.6 Å². The van der Waals surface area contributed by atoms with Gasteiger partial charge in [0.2, 0.25) is 23.6 Å². The molecule has 7 rings (SSSR count). The molecule has 2 unspecified atom stereocenters. The first kappa shape index (κ1) is 25.5. The number of para-hydroxylation sites is 1. The molecule has 0 bridgehead atoms. The van der Waals surface area contributed by atoms with Crippen molar-refractivity contribution in [2.45, 2.75) is 31.8 Å². The van der Waals surface area contributed by atoms with Crippen LogP contribution in [0.25, 0.3) is 10.9 Å². The van der Waals surface area contributed by atoms with Crippen LogP contribution < -0.4 is 20.9 Å². The molecule has 4 atom stereocenters. The number of fused-ring (bicyclic) bond motifs is 5. The van der Waals surface area contributed by atoms with Crippen LogP contribution in [0.1, 0.15) is 23.6 Å².